The van der Waals surface area contributed by atoms with Crippen molar-refractivity contribution in [3.05, 3.63) is 59.7 Å². The standard InChI is InChI=1S/C16H11F5NS/c17-15(18,16(19,20)21)13-8-4-5-11-9-22(10-23-14(11)13)12-6-2-1-3-7-12/h1-9H,10H2/q+1. The van der Waals surface area contributed by atoms with Gasteiger partial charge < -0.3 is 0 Å². The predicted octanol–water partition coefficient (Wildman–Crippen LogP) is 5.17. The van der Waals surface area contributed by atoms with E-state index in [0.717, 1.165) is 23.5 Å². The summed E-state index contributed by atoms with van der Waals surface area (Å²) >= 11 is 0.976. The zero-order valence-corrected chi connectivity index (χ0v) is 12.5. The summed E-state index contributed by atoms with van der Waals surface area (Å²) in [5.41, 5.74) is 0.210. The molecule has 0 fully saturated rings. The Morgan fingerprint density at radius 3 is 2.22 bits per heavy atom. The molecule has 0 saturated heterocycles. The second-order valence-electron chi connectivity index (χ2n) is 5.00. The lowest BCUT2D eigenvalue weighted by Gasteiger charge is -2.23. The summed E-state index contributed by atoms with van der Waals surface area (Å²) < 4.78 is 67.2. The highest BCUT2D eigenvalue weighted by Crippen LogP contribution is 2.48. The number of nitrogens with zero attached hydrogens (tertiary/aromatic N) is 1. The van der Waals surface area contributed by atoms with E-state index >= 15 is 0 Å². The summed E-state index contributed by atoms with van der Waals surface area (Å²) in [5.74, 6) is -4.60. The third kappa shape index (κ3) is 2.85. The summed E-state index contributed by atoms with van der Waals surface area (Å²) in [4.78, 5) is -0.0259. The minimum atomic E-state index is -5.61. The molecule has 1 aliphatic rings. The van der Waals surface area contributed by atoms with E-state index in [0.29, 0.717) is 5.56 Å². The van der Waals surface area contributed by atoms with Gasteiger partial charge in [-0.25, -0.2) is 0 Å². The normalized spacial score (nSPS) is 15.1. The van der Waals surface area contributed by atoms with E-state index in [1.165, 1.54) is 12.1 Å². The van der Waals surface area contributed by atoms with Crippen LogP contribution in [0.4, 0.5) is 27.6 Å². The molecule has 120 valence electrons. The van der Waals surface area contributed by atoms with Gasteiger partial charge >= 0.3 is 12.1 Å². The molecule has 1 aliphatic heterocycles. The molecular weight excluding hydrogens is 333 g/mol. The first-order valence-electron chi connectivity index (χ1n) is 6.68. The SMILES string of the molecule is FC(F)(F)C(F)(F)c1cccc2c1SC[N+](c1ccccc1)=C2. The van der Waals surface area contributed by atoms with Crippen LogP contribution in [0.25, 0.3) is 0 Å². The van der Waals surface area contributed by atoms with Gasteiger partial charge in [-0.1, -0.05) is 42.1 Å². The summed E-state index contributed by atoms with van der Waals surface area (Å²) in [6.07, 6.45) is -4.02. The van der Waals surface area contributed by atoms with Crippen LogP contribution >= 0.6 is 11.8 Å². The molecule has 0 bridgehead atoms. The molecule has 2 aromatic carbocycles. The lowest BCUT2D eigenvalue weighted by atomic mass is 10.0. The molecule has 0 spiro atoms. The highest BCUT2D eigenvalue weighted by Gasteiger charge is 2.60. The molecule has 2 aromatic rings. The first-order chi connectivity index (χ1) is 10.8. The van der Waals surface area contributed by atoms with Crippen LogP contribution in [-0.2, 0) is 5.92 Å². The van der Waals surface area contributed by atoms with E-state index in [-0.39, 0.29) is 10.8 Å². The van der Waals surface area contributed by atoms with Gasteiger partial charge in [0.05, 0.1) is 5.56 Å². The van der Waals surface area contributed by atoms with Gasteiger partial charge in [-0.05, 0) is 6.07 Å². The zero-order chi connectivity index (χ0) is 16.7. The van der Waals surface area contributed by atoms with Gasteiger partial charge in [0, 0.05) is 22.6 Å². The Bertz CT molecular complexity index is 753. The van der Waals surface area contributed by atoms with Crippen molar-refractivity contribution in [2.45, 2.75) is 17.0 Å². The number of thioether (sulfide) groups is 1. The highest BCUT2D eigenvalue weighted by molar-refractivity contribution is 7.99. The van der Waals surface area contributed by atoms with Crippen molar-refractivity contribution < 1.29 is 26.5 Å². The van der Waals surface area contributed by atoms with Gasteiger partial charge in [-0.2, -0.15) is 26.5 Å². The number of hydrogen-bond donors (Lipinski definition) is 0. The van der Waals surface area contributed by atoms with Crippen LogP contribution in [0, 0.1) is 0 Å². The Morgan fingerprint density at radius 1 is 0.870 bits per heavy atom. The van der Waals surface area contributed by atoms with Crippen molar-refractivity contribution in [2.75, 3.05) is 5.88 Å². The summed E-state index contributed by atoms with van der Waals surface area (Å²) in [7, 11) is 0. The Hall–Kier alpha value is -1.89. The van der Waals surface area contributed by atoms with E-state index in [2.05, 4.69) is 0 Å². The van der Waals surface area contributed by atoms with Gasteiger partial charge in [0.1, 0.15) is 0 Å². The number of benzene rings is 2. The van der Waals surface area contributed by atoms with Crippen molar-refractivity contribution in [3.8, 4) is 0 Å². The van der Waals surface area contributed by atoms with Crippen molar-refractivity contribution in [2.24, 2.45) is 0 Å². The van der Waals surface area contributed by atoms with E-state index < -0.39 is 17.7 Å². The Morgan fingerprint density at radius 2 is 1.57 bits per heavy atom. The fourth-order valence-corrected chi connectivity index (χ4v) is 3.46. The quantitative estimate of drug-likeness (QED) is 0.537. The molecule has 0 saturated carbocycles. The summed E-state index contributed by atoms with van der Waals surface area (Å²) in [6, 6.07) is 12.8. The molecule has 0 aliphatic carbocycles. The third-order valence-corrected chi connectivity index (χ3v) is 4.62. The average molecular weight is 344 g/mol. The molecule has 1 nitrogen and oxygen atoms in total. The van der Waals surface area contributed by atoms with Crippen LogP contribution in [0.2, 0.25) is 0 Å². The van der Waals surface area contributed by atoms with Gasteiger partial charge in [0.25, 0.3) is 0 Å². The predicted molar refractivity (Wildman–Crippen MR) is 78.6 cm³/mol. The molecule has 7 heteroatoms. The monoisotopic (exact) mass is 344 g/mol. The maximum Gasteiger partial charge on any atom is 0.458 e. The molecular formula is C16H11F5NS+. The van der Waals surface area contributed by atoms with Crippen LogP contribution in [0.1, 0.15) is 11.1 Å². The van der Waals surface area contributed by atoms with Gasteiger partial charge in [-0.3, -0.25) is 0 Å². The van der Waals surface area contributed by atoms with Crippen LogP contribution in [-0.4, -0.2) is 22.8 Å². The lowest BCUT2D eigenvalue weighted by Crippen LogP contribution is -2.34. The fourth-order valence-electron chi connectivity index (χ4n) is 2.33. The molecule has 23 heavy (non-hydrogen) atoms. The van der Waals surface area contributed by atoms with Gasteiger partial charge in [0.2, 0.25) is 5.69 Å². The smallest absolute Gasteiger partial charge is 0.191 e. The van der Waals surface area contributed by atoms with E-state index in [4.69, 9.17) is 0 Å². The van der Waals surface area contributed by atoms with Crippen LogP contribution in [0.5, 0.6) is 0 Å². The van der Waals surface area contributed by atoms with Crippen molar-refractivity contribution in [1.82, 2.24) is 0 Å². The molecule has 0 unspecified atom stereocenters. The molecule has 0 N–H and O–H groups in total. The lowest BCUT2D eigenvalue weighted by molar-refractivity contribution is -0.411. The number of para-hydroxylation sites is 1. The van der Waals surface area contributed by atoms with Crippen molar-refractivity contribution in [3.63, 3.8) is 0 Å². The summed E-state index contributed by atoms with van der Waals surface area (Å²) in [5, 5.41) is 0. The van der Waals surface area contributed by atoms with E-state index in [1.807, 2.05) is 34.9 Å². The molecule has 0 amide bonds. The topological polar surface area (TPSA) is 3.01 Å². The van der Waals surface area contributed by atoms with Crippen LogP contribution < -0.4 is 0 Å². The minimum absolute atomic E-state index is 0.0259. The number of halogens is 5. The molecule has 3 rings (SSSR count). The van der Waals surface area contributed by atoms with Gasteiger partial charge in [0.15, 0.2) is 12.1 Å². The summed E-state index contributed by atoms with van der Waals surface area (Å²) in [6.45, 7) is 0. The van der Waals surface area contributed by atoms with Crippen LogP contribution in [0.15, 0.2) is 53.4 Å². The van der Waals surface area contributed by atoms with Crippen LogP contribution in [0.3, 0.4) is 0 Å². The Labute approximate surface area is 133 Å². The number of fused-ring (bicyclic) bond motifs is 1. The number of alkyl halides is 5. The number of rotatable bonds is 2. The highest BCUT2D eigenvalue weighted by atomic mass is 32.2. The van der Waals surface area contributed by atoms with E-state index in [9.17, 15) is 22.0 Å². The third-order valence-electron chi connectivity index (χ3n) is 3.47. The number of hydrogen-bond acceptors (Lipinski definition) is 1. The van der Waals surface area contributed by atoms with Crippen molar-refractivity contribution >= 4 is 23.7 Å². The van der Waals surface area contributed by atoms with E-state index in [1.54, 1.807) is 6.21 Å². The second kappa shape index (κ2) is 5.63. The zero-order valence-electron chi connectivity index (χ0n) is 11.6. The maximum atomic E-state index is 13.7. The average Bonchev–Trinajstić information content (AvgIpc) is 2.53. The Balaban J connectivity index is 2.07. The first-order valence-corrected chi connectivity index (χ1v) is 7.66. The van der Waals surface area contributed by atoms with Gasteiger partial charge in [-0.15, -0.1) is 0 Å². The first kappa shape index (κ1) is 16.0. The van der Waals surface area contributed by atoms with Crippen molar-refractivity contribution in [1.29, 1.82) is 0 Å². The molecule has 0 aromatic heterocycles. The maximum absolute atomic E-state index is 13.7. The molecule has 0 radical (unpaired) electrons. The molecule has 0 atom stereocenters. The minimum Gasteiger partial charge on any atom is -0.191 e. The largest absolute Gasteiger partial charge is 0.458 e. The Kier molecular flexibility index (Phi) is 3.91. The molecule has 1 heterocycles. The fraction of sp³-hybridized carbons (Fsp3) is 0.188. The second-order valence-corrected chi connectivity index (χ2v) is 5.96.